The molecule has 0 atom stereocenters. The van der Waals surface area contributed by atoms with Crippen LogP contribution in [0.4, 0.5) is 17.6 Å². The standard InChI is InChI=1S/C14H19N5/c1-10-6-4-5-7-11(10)9-17-13-8-12(15-2)18-14(16-3)19-13/h4-8H,9H2,1-3H3,(H3,15,16,17,18,19). The maximum atomic E-state index is 4.37. The van der Waals surface area contributed by atoms with Gasteiger partial charge >= 0.3 is 0 Å². The largest absolute Gasteiger partial charge is 0.373 e. The zero-order valence-electron chi connectivity index (χ0n) is 11.5. The third kappa shape index (κ3) is 3.34. The van der Waals surface area contributed by atoms with Gasteiger partial charge in [0.05, 0.1) is 0 Å². The van der Waals surface area contributed by atoms with Gasteiger partial charge in [-0.2, -0.15) is 9.97 Å². The van der Waals surface area contributed by atoms with E-state index in [0.29, 0.717) is 5.95 Å². The van der Waals surface area contributed by atoms with Gasteiger partial charge in [-0.3, -0.25) is 0 Å². The van der Waals surface area contributed by atoms with Crippen LogP contribution in [0.25, 0.3) is 0 Å². The highest BCUT2D eigenvalue weighted by molar-refractivity contribution is 5.52. The quantitative estimate of drug-likeness (QED) is 0.768. The van der Waals surface area contributed by atoms with E-state index in [-0.39, 0.29) is 0 Å². The number of rotatable bonds is 5. The Kier molecular flexibility index (Phi) is 4.18. The highest BCUT2D eigenvalue weighted by Gasteiger charge is 2.03. The molecule has 0 amide bonds. The van der Waals surface area contributed by atoms with Gasteiger partial charge in [0, 0.05) is 26.7 Å². The Morgan fingerprint density at radius 1 is 1.00 bits per heavy atom. The van der Waals surface area contributed by atoms with Gasteiger partial charge < -0.3 is 16.0 Å². The molecule has 0 fully saturated rings. The fourth-order valence-electron chi connectivity index (χ4n) is 1.77. The van der Waals surface area contributed by atoms with Crippen molar-refractivity contribution in [3.05, 3.63) is 41.5 Å². The SMILES string of the molecule is CNc1cc(NCc2ccccc2C)nc(NC)n1. The van der Waals surface area contributed by atoms with Crippen molar-refractivity contribution in [1.29, 1.82) is 0 Å². The smallest absolute Gasteiger partial charge is 0.226 e. The Morgan fingerprint density at radius 3 is 2.42 bits per heavy atom. The van der Waals surface area contributed by atoms with Crippen LogP contribution in [-0.4, -0.2) is 24.1 Å². The van der Waals surface area contributed by atoms with Crippen molar-refractivity contribution in [2.75, 3.05) is 30.0 Å². The maximum Gasteiger partial charge on any atom is 0.226 e. The first kappa shape index (κ1) is 13.1. The molecule has 0 spiro atoms. The molecular formula is C14H19N5. The summed E-state index contributed by atoms with van der Waals surface area (Å²) < 4.78 is 0. The monoisotopic (exact) mass is 257 g/mol. The molecule has 0 saturated heterocycles. The molecule has 0 aliphatic carbocycles. The zero-order chi connectivity index (χ0) is 13.7. The first-order chi connectivity index (χ1) is 9.22. The topological polar surface area (TPSA) is 61.9 Å². The van der Waals surface area contributed by atoms with Crippen LogP contribution in [0.15, 0.2) is 30.3 Å². The molecule has 0 aliphatic rings. The lowest BCUT2D eigenvalue weighted by atomic mass is 10.1. The Hall–Kier alpha value is -2.30. The van der Waals surface area contributed by atoms with Crippen LogP contribution in [-0.2, 0) is 6.54 Å². The minimum Gasteiger partial charge on any atom is -0.373 e. The molecule has 19 heavy (non-hydrogen) atoms. The van der Waals surface area contributed by atoms with Gasteiger partial charge in [0.2, 0.25) is 5.95 Å². The Labute approximate surface area is 113 Å². The van der Waals surface area contributed by atoms with Crippen LogP contribution in [0.2, 0.25) is 0 Å². The average Bonchev–Trinajstić information content (AvgIpc) is 2.46. The summed E-state index contributed by atoms with van der Waals surface area (Å²) in [6.07, 6.45) is 0. The number of aryl methyl sites for hydroxylation is 1. The predicted octanol–water partition coefficient (Wildman–Crippen LogP) is 2.48. The highest BCUT2D eigenvalue weighted by Crippen LogP contribution is 2.15. The molecular weight excluding hydrogens is 238 g/mol. The molecule has 5 nitrogen and oxygen atoms in total. The Bertz CT molecular complexity index is 531. The minimum atomic E-state index is 0.596. The van der Waals surface area contributed by atoms with Crippen molar-refractivity contribution in [2.24, 2.45) is 0 Å². The summed E-state index contributed by atoms with van der Waals surface area (Å²) >= 11 is 0. The molecule has 100 valence electrons. The summed E-state index contributed by atoms with van der Waals surface area (Å²) in [6.45, 7) is 2.85. The van der Waals surface area contributed by atoms with Crippen molar-refractivity contribution < 1.29 is 0 Å². The van der Waals surface area contributed by atoms with E-state index in [9.17, 15) is 0 Å². The van der Waals surface area contributed by atoms with E-state index in [1.54, 1.807) is 7.05 Å². The van der Waals surface area contributed by atoms with E-state index < -0.39 is 0 Å². The third-order valence-electron chi connectivity index (χ3n) is 2.93. The molecule has 0 saturated carbocycles. The van der Waals surface area contributed by atoms with E-state index in [1.165, 1.54) is 11.1 Å². The molecule has 0 bridgehead atoms. The fourth-order valence-corrected chi connectivity index (χ4v) is 1.77. The number of nitrogens with one attached hydrogen (secondary N) is 3. The second-order valence-electron chi connectivity index (χ2n) is 4.24. The maximum absolute atomic E-state index is 4.37. The van der Waals surface area contributed by atoms with Crippen LogP contribution < -0.4 is 16.0 Å². The lowest BCUT2D eigenvalue weighted by Crippen LogP contribution is -2.07. The lowest BCUT2D eigenvalue weighted by molar-refractivity contribution is 1.07. The van der Waals surface area contributed by atoms with Crippen LogP contribution in [0.5, 0.6) is 0 Å². The normalized spacial score (nSPS) is 10.1. The van der Waals surface area contributed by atoms with E-state index in [4.69, 9.17) is 0 Å². The number of benzene rings is 1. The van der Waals surface area contributed by atoms with Crippen molar-refractivity contribution in [1.82, 2.24) is 9.97 Å². The van der Waals surface area contributed by atoms with Crippen molar-refractivity contribution in [3.63, 3.8) is 0 Å². The van der Waals surface area contributed by atoms with Crippen LogP contribution >= 0.6 is 0 Å². The second-order valence-corrected chi connectivity index (χ2v) is 4.24. The molecule has 5 heteroatoms. The van der Waals surface area contributed by atoms with Crippen molar-refractivity contribution in [2.45, 2.75) is 13.5 Å². The van der Waals surface area contributed by atoms with Crippen molar-refractivity contribution in [3.8, 4) is 0 Å². The number of aromatic nitrogens is 2. The van der Waals surface area contributed by atoms with Crippen LogP contribution in [0.3, 0.4) is 0 Å². The zero-order valence-corrected chi connectivity index (χ0v) is 11.5. The number of anilines is 3. The van der Waals surface area contributed by atoms with Gasteiger partial charge in [-0.05, 0) is 18.1 Å². The molecule has 2 rings (SSSR count). The molecule has 0 aliphatic heterocycles. The molecule has 1 aromatic carbocycles. The van der Waals surface area contributed by atoms with Gasteiger partial charge in [0.15, 0.2) is 0 Å². The van der Waals surface area contributed by atoms with Gasteiger partial charge in [-0.15, -0.1) is 0 Å². The molecule has 2 aromatic rings. The fraction of sp³-hybridized carbons (Fsp3) is 0.286. The number of nitrogens with zero attached hydrogens (tertiary/aromatic N) is 2. The first-order valence-corrected chi connectivity index (χ1v) is 6.26. The molecule has 3 N–H and O–H groups in total. The summed E-state index contributed by atoms with van der Waals surface area (Å²) in [5, 5.41) is 9.29. The Balaban J connectivity index is 2.13. The van der Waals surface area contributed by atoms with E-state index in [2.05, 4.69) is 45.0 Å². The van der Waals surface area contributed by atoms with Gasteiger partial charge in [0.25, 0.3) is 0 Å². The first-order valence-electron chi connectivity index (χ1n) is 6.26. The molecule has 0 radical (unpaired) electrons. The number of hydrogen-bond acceptors (Lipinski definition) is 5. The van der Waals surface area contributed by atoms with Crippen molar-refractivity contribution >= 4 is 17.6 Å². The summed E-state index contributed by atoms with van der Waals surface area (Å²) in [5.41, 5.74) is 2.53. The third-order valence-corrected chi connectivity index (χ3v) is 2.93. The molecule has 0 unspecified atom stereocenters. The molecule has 1 aromatic heterocycles. The Morgan fingerprint density at radius 2 is 1.74 bits per heavy atom. The summed E-state index contributed by atoms with van der Waals surface area (Å²) in [6, 6.07) is 10.2. The summed E-state index contributed by atoms with van der Waals surface area (Å²) in [5.74, 6) is 2.18. The average molecular weight is 257 g/mol. The van der Waals surface area contributed by atoms with E-state index in [0.717, 1.165) is 18.2 Å². The van der Waals surface area contributed by atoms with Crippen LogP contribution in [0, 0.1) is 6.92 Å². The lowest BCUT2D eigenvalue weighted by Gasteiger charge is -2.10. The summed E-state index contributed by atoms with van der Waals surface area (Å²) in [7, 11) is 3.65. The van der Waals surface area contributed by atoms with E-state index >= 15 is 0 Å². The highest BCUT2D eigenvalue weighted by atomic mass is 15.2. The number of hydrogen-bond donors (Lipinski definition) is 3. The second kappa shape index (κ2) is 6.04. The predicted molar refractivity (Wildman–Crippen MR) is 79.6 cm³/mol. The van der Waals surface area contributed by atoms with Gasteiger partial charge in [-0.25, -0.2) is 0 Å². The minimum absolute atomic E-state index is 0.596. The van der Waals surface area contributed by atoms with Gasteiger partial charge in [0.1, 0.15) is 11.6 Å². The van der Waals surface area contributed by atoms with Gasteiger partial charge in [-0.1, -0.05) is 24.3 Å². The summed E-state index contributed by atoms with van der Waals surface area (Å²) in [4.78, 5) is 8.64. The van der Waals surface area contributed by atoms with E-state index in [1.807, 2.05) is 25.2 Å². The molecule has 1 heterocycles. The van der Waals surface area contributed by atoms with Crippen LogP contribution in [0.1, 0.15) is 11.1 Å².